The van der Waals surface area contributed by atoms with Crippen LogP contribution in [0, 0.1) is 0 Å². The minimum Gasteiger partial charge on any atom is -0.334 e. The molecule has 1 aliphatic heterocycles. The van der Waals surface area contributed by atoms with Crippen molar-refractivity contribution < 1.29 is 9.59 Å². The second-order valence-electron chi connectivity index (χ2n) is 7.30. The third kappa shape index (κ3) is 4.56. The maximum Gasteiger partial charge on any atom is 0.254 e. The van der Waals surface area contributed by atoms with Crippen LogP contribution in [-0.2, 0) is 11.2 Å². The summed E-state index contributed by atoms with van der Waals surface area (Å²) < 4.78 is 0. The van der Waals surface area contributed by atoms with E-state index in [2.05, 4.69) is 26.0 Å². The molecule has 0 aromatic heterocycles. The molecule has 148 valence electrons. The van der Waals surface area contributed by atoms with Gasteiger partial charge in [0.1, 0.15) is 6.54 Å². The van der Waals surface area contributed by atoms with Crippen LogP contribution in [0.25, 0.3) is 0 Å². The van der Waals surface area contributed by atoms with Gasteiger partial charge in [-0.1, -0.05) is 49.2 Å². The summed E-state index contributed by atoms with van der Waals surface area (Å²) in [6.07, 6.45) is 2.68. The normalized spacial score (nSPS) is 15.8. The van der Waals surface area contributed by atoms with Crippen molar-refractivity contribution in [2.75, 3.05) is 19.6 Å². The van der Waals surface area contributed by atoms with E-state index in [1.54, 1.807) is 29.2 Å². The highest BCUT2D eigenvalue weighted by molar-refractivity contribution is 6.30. The lowest BCUT2D eigenvalue weighted by atomic mass is 9.93. The van der Waals surface area contributed by atoms with Crippen molar-refractivity contribution in [2.24, 2.45) is 0 Å². The molecule has 5 heteroatoms. The number of carbonyl (C=O) groups is 2. The number of carbonyl (C=O) groups excluding carboxylic acids is 2. The SMILES string of the molecule is CCCCN(CC(=O)N1CCc2ccccc2C1C)C(=O)c1ccc(Cl)cc1. The molecular weight excluding hydrogens is 372 g/mol. The minimum atomic E-state index is -0.122. The van der Waals surface area contributed by atoms with Crippen LogP contribution >= 0.6 is 11.6 Å². The van der Waals surface area contributed by atoms with Gasteiger partial charge in [0.25, 0.3) is 5.91 Å². The van der Waals surface area contributed by atoms with Crippen molar-refractivity contribution in [3.8, 4) is 0 Å². The molecule has 2 aromatic carbocycles. The Morgan fingerprint density at radius 2 is 1.86 bits per heavy atom. The largest absolute Gasteiger partial charge is 0.334 e. The summed E-state index contributed by atoms with van der Waals surface area (Å²) >= 11 is 5.94. The van der Waals surface area contributed by atoms with Crippen molar-refractivity contribution in [2.45, 2.75) is 39.2 Å². The molecule has 1 heterocycles. The van der Waals surface area contributed by atoms with E-state index in [9.17, 15) is 9.59 Å². The summed E-state index contributed by atoms with van der Waals surface area (Å²) in [4.78, 5) is 29.6. The summed E-state index contributed by atoms with van der Waals surface area (Å²) in [5.74, 6) is -0.121. The van der Waals surface area contributed by atoms with Gasteiger partial charge in [0.05, 0.1) is 6.04 Å². The van der Waals surface area contributed by atoms with E-state index in [0.717, 1.165) is 19.3 Å². The molecule has 1 unspecified atom stereocenters. The molecular formula is C23H27ClN2O2. The quantitative estimate of drug-likeness (QED) is 0.705. The van der Waals surface area contributed by atoms with Crippen LogP contribution in [-0.4, -0.2) is 41.2 Å². The maximum atomic E-state index is 13.1. The number of nitrogens with zero attached hydrogens (tertiary/aromatic N) is 2. The Bertz CT molecular complexity index is 835. The van der Waals surface area contributed by atoms with Crippen LogP contribution in [0.2, 0.25) is 5.02 Å². The van der Waals surface area contributed by atoms with Gasteiger partial charge in [-0.25, -0.2) is 0 Å². The number of benzene rings is 2. The van der Waals surface area contributed by atoms with Crippen LogP contribution in [0.1, 0.15) is 54.2 Å². The zero-order chi connectivity index (χ0) is 20.1. The average Bonchev–Trinajstić information content (AvgIpc) is 2.71. The second kappa shape index (κ2) is 9.24. The van der Waals surface area contributed by atoms with E-state index in [1.807, 2.05) is 17.0 Å². The number of halogens is 1. The number of hydrogen-bond donors (Lipinski definition) is 0. The molecule has 0 fully saturated rings. The van der Waals surface area contributed by atoms with Crippen LogP contribution < -0.4 is 0 Å². The first-order valence-corrected chi connectivity index (χ1v) is 10.3. The molecule has 0 bridgehead atoms. The number of unbranched alkanes of at least 4 members (excludes halogenated alkanes) is 1. The zero-order valence-corrected chi connectivity index (χ0v) is 17.3. The van der Waals surface area contributed by atoms with Crippen molar-refractivity contribution in [1.82, 2.24) is 9.80 Å². The van der Waals surface area contributed by atoms with Crippen molar-refractivity contribution in [1.29, 1.82) is 0 Å². The average molecular weight is 399 g/mol. The van der Waals surface area contributed by atoms with E-state index in [0.29, 0.717) is 23.7 Å². The molecule has 0 saturated heterocycles. The van der Waals surface area contributed by atoms with Gasteiger partial charge in [-0.15, -0.1) is 0 Å². The highest BCUT2D eigenvalue weighted by atomic mass is 35.5. The maximum absolute atomic E-state index is 13.1. The summed E-state index contributed by atoms with van der Waals surface area (Å²) in [6, 6.07) is 15.1. The number of amides is 2. The predicted molar refractivity (Wildman–Crippen MR) is 113 cm³/mol. The van der Waals surface area contributed by atoms with Gasteiger partial charge >= 0.3 is 0 Å². The fraction of sp³-hybridized carbons (Fsp3) is 0.391. The first kappa shape index (κ1) is 20.4. The summed E-state index contributed by atoms with van der Waals surface area (Å²) in [5.41, 5.74) is 3.07. The molecule has 0 N–H and O–H groups in total. The van der Waals surface area contributed by atoms with Crippen LogP contribution in [0.3, 0.4) is 0 Å². The molecule has 1 atom stereocenters. The smallest absolute Gasteiger partial charge is 0.254 e. The molecule has 0 saturated carbocycles. The molecule has 0 spiro atoms. The first-order chi connectivity index (χ1) is 13.5. The van der Waals surface area contributed by atoms with Gasteiger partial charge in [0.15, 0.2) is 0 Å². The van der Waals surface area contributed by atoms with Gasteiger partial charge in [0.2, 0.25) is 5.91 Å². The van der Waals surface area contributed by atoms with Gasteiger partial charge in [-0.2, -0.15) is 0 Å². The number of fused-ring (bicyclic) bond motifs is 1. The van der Waals surface area contributed by atoms with Crippen LogP contribution in [0.5, 0.6) is 0 Å². The third-order valence-electron chi connectivity index (χ3n) is 5.40. The Kier molecular flexibility index (Phi) is 6.74. The molecule has 0 radical (unpaired) electrons. The fourth-order valence-electron chi connectivity index (χ4n) is 3.74. The first-order valence-electron chi connectivity index (χ1n) is 9.93. The third-order valence-corrected chi connectivity index (χ3v) is 5.65. The summed E-state index contributed by atoms with van der Waals surface area (Å²) in [7, 11) is 0. The molecule has 1 aliphatic rings. The number of rotatable bonds is 6. The van der Waals surface area contributed by atoms with E-state index >= 15 is 0 Å². The molecule has 2 amide bonds. The Balaban J connectivity index is 1.74. The molecule has 0 aliphatic carbocycles. The monoisotopic (exact) mass is 398 g/mol. The molecule has 28 heavy (non-hydrogen) atoms. The lowest BCUT2D eigenvalue weighted by Crippen LogP contribution is -2.46. The van der Waals surface area contributed by atoms with Crippen molar-refractivity contribution in [3.05, 3.63) is 70.2 Å². The molecule has 2 aromatic rings. The van der Waals surface area contributed by atoms with E-state index in [-0.39, 0.29) is 24.4 Å². The topological polar surface area (TPSA) is 40.6 Å². The van der Waals surface area contributed by atoms with Gasteiger partial charge < -0.3 is 9.80 Å². The van der Waals surface area contributed by atoms with Crippen LogP contribution in [0.15, 0.2) is 48.5 Å². The van der Waals surface area contributed by atoms with E-state index < -0.39 is 0 Å². The Labute approximate surface area is 172 Å². The van der Waals surface area contributed by atoms with E-state index in [4.69, 9.17) is 11.6 Å². The fourth-order valence-corrected chi connectivity index (χ4v) is 3.87. The van der Waals surface area contributed by atoms with Gasteiger partial charge in [-0.3, -0.25) is 9.59 Å². The molecule has 3 rings (SSSR count). The Morgan fingerprint density at radius 1 is 1.14 bits per heavy atom. The van der Waals surface area contributed by atoms with E-state index in [1.165, 1.54) is 11.1 Å². The lowest BCUT2D eigenvalue weighted by Gasteiger charge is -2.36. The Hall–Kier alpha value is -2.33. The number of hydrogen-bond acceptors (Lipinski definition) is 2. The lowest BCUT2D eigenvalue weighted by molar-refractivity contribution is -0.134. The Morgan fingerprint density at radius 3 is 2.57 bits per heavy atom. The van der Waals surface area contributed by atoms with Gasteiger partial charge in [0, 0.05) is 23.7 Å². The predicted octanol–water partition coefficient (Wildman–Crippen LogP) is 4.73. The second-order valence-corrected chi connectivity index (χ2v) is 7.74. The summed E-state index contributed by atoms with van der Waals surface area (Å²) in [5, 5.41) is 0.591. The van der Waals surface area contributed by atoms with Crippen molar-refractivity contribution in [3.63, 3.8) is 0 Å². The highest BCUT2D eigenvalue weighted by Crippen LogP contribution is 2.29. The standard InChI is InChI=1S/C23H27ClN2O2/c1-3-4-14-25(23(28)19-9-11-20(24)12-10-19)16-22(27)26-15-13-18-7-5-6-8-21(18)17(26)2/h5-12,17H,3-4,13-16H2,1-2H3. The highest BCUT2D eigenvalue weighted by Gasteiger charge is 2.29. The van der Waals surface area contributed by atoms with Crippen LogP contribution in [0.4, 0.5) is 0 Å². The van der Waals surface area contributed by atoms with Gasteiger partial charge in [-0.05, 0) is 55.2 Å². The van der Waals surface area contributed by atoms with Crippen molar-refractivity contribution >= 4 is 23.4 Å². The minimum absolute atomic E-state index is 0.000389. The zero-order valence-electron chi connectivity index (χ0n) is 16.5. The molecule has 4 nitrogen and oxygen atoms in total. The summed E-state index contributed by atoms with van der Waals surface area (Å²) in [6.45, 7) is 5.51.